The number of nitrogens with one attached hydrogen (secondary N) is 2. The van der Waals surface area contributed by atoms with Gasteiger partial charge in [-0.05, 0) is 17.7 Å². The Labute approximate surface area is 110 Å². The van der Waals surface area contributed by atoms with Crippen molar-refractivity contribution in [2.24, 2.45) is 0 Å². The first-order valence-corrected chi connectivity index (χ1v) is 6.12. The highest BCUT2D eigenvalue weighted by Crippen LogP contribution is 2.31. The standard InChI is InChI=1S/C15H13FN2O/c16-12-7-3-1-5-10(12)15-11-6-2-4-8-13(11)18-14(19)9-17-15/h1-8,15,17H,9H2,(H,18,19). The highest BCUT2D eigenvalue weighted by molar-refractivity contribution is 5.94. The molecule has 0 aromatic heterocycles. The lowest BCUT2D eigenvalue weighted by Gasteiger charge is -2.18. The van der Waals surface area contributed by atoms with E-state index in [0.29, 0.717) is 5.56 Å². The quantitative estimate of drug-likeness (QED) is 0.823. The van der Waals surface area contributed by atoms with Crippen LogP contribution in [0.1, 0.15) is 17.2 Å². The van der Waals surface area contributed by atoms with Gasteiger partial charge >= 0.3 is 0 Å². The third-order valence-electron chi connectivity index (χ3n) is 3.23. The lowest BCUT2D eigenvalue weighted by atomic mass is 9.97. The fourth-order valence-corrected chi connectivity index (χ4v) is 2.35. The van der Waals surface area contributed by atoms with Gasteiger partial charge in [-0.3, -0.25) is 10.1 Å². The Morgan fingerprint density at radius 2 is 1.68 bits per heavy atom. The zero-order valence-electron chi connectivity index (χ0n) is 10.2. The number of para-hydroxylation sites is 1. The van der Waals surface area contributed by atoms with Crippen LogP contribution in [0.3, 0.4) is 0 Å². The van der Waals surface area contributed by atoms with E-state index in [9.17, 15) is 9.18 Å². The first-order chi connectivity index (χ1) is 9.25. The van der Waals surface area contributed by atoms with Gasteiger partial charge in [-0.2, -0.15) is 0 Å². The molecule has 1 heterocycles. The molecule has 0 aliphatic carbocycles. The van der Waals surface area contributed by atoms with E-state index in [4.69, 9.17) is 0 Å². The van der Waals surface area contributed by atoms with E-state index >= 15 is 0 Å². The molecule has 4 heteroatoms. The molecule has 0 saturated heterocycles. The molecule has 1 aliphatic heterocycles. The van der Waals surface area contributed by atoms with Gasteiger partial charge in [0.25, 0.3) is 0 Å². The van der Waals surface area contributed by atoms with E-state index < -0.39 is 0 Å². The van der Waals surface area contributed by atoms with Gasteiger partial charge in [0, 0.05) is 11.3 Å². The molecule has 2 aromatic rings. The summed E-state index contributed by atoms with van der Waals surface area (Å²) in [5, 5.41) is 5.91. The summed E-state index contributed by atoms with van der Waals surface area (Å²) in [5.74, 6) is -0.393. The van der Waals surface area contributed by atoms with Crippen LogP contribution >= 0.6 is 0 Å². The molecule has 0 spiro atoms. The molecular weight excluding hydrogens is 243 g/mol. The van der Waals surface area contributed by atoms with Crippen molar-refractivity contribution in [1.82, 2.24) is 5.32 Å². The van der Waals surface area contributed by atoms with Crippen molar-refractivity contribution in [3.05, 3.63) is 65.5 Å². The third kappa shape index (κ3) is 2.22. The summed E-state index contributed by atoms with van der Waals surface area (Å²) in [4.78, 5) is 11.6. The fourth-order valence-electron chi connectivity index (χ4n) is 2.35. The number of carbonyl (C=O) groups is 1. The molecule has 0 fully saturated rings. The maximum Gasteiger partial charge on any atom is 0.238 e. The van der Waals surface area contributed by atoms with Crippen LogP contribution < -0.4 is 10.6 Å². The number of hydrogen-bond acceptors (Lipinski definition) is 2. The highest BCUT2D eigenvalue weighted by atomic mass is 19.1. The number of amides is 1. The molecule has 1 amide bonds. The molecule has 2 aromatic carbocycles. The Kier molecular flexibility index (Phi) is 3.01. The molecule has 1 aliphatic rings. The Morgan fingerprint density at radius 3 is 2.47 bits per heavy atom. The lowest BCUT2D eigenvalue weighted by Crippen LogP contribution is -2.28. The minimum atomic E-state index is -0.323. The monoisotopic (exact) mass is 256 g/mol. The van der Waals surface area contributed by atoms with E-state index in [1.807, 2.05) is 24.3 Å². The van der Waals surface area contributed by atoms with Crippen molar-refractivity contribution in [2.75, 3.05) is 11.9 Å². The average molecular weight is 256 g/mol. The van der Waals surface area contributed by atoms with Gasteiger partial charge in [0.2, 0.25) is 5.91 Å². The number of benzene rings is 2. The normalized spacial score (nSPS) is 18.4. The van der Waals surface area contributed by atoms with E-state index in [1.54, 1.807) is 18.2 Å². The van der Waals surface area contributed by atoms with Gasteiger partial charge in [0.05, 0.1) is 12.6 Å². The minimum absolute atomic E-state index is 0.119. The van der Waals surface area contributed by atoms with Crippen LogP contribution in [0.4, 0.5) is 10.1 Å². The van der Waals surface area contributed by atoms with E-state index in [-0.39, 0.29) is 24.3 Å². The van der Waals surface area contributed by atoms with Crippen LogP contribution in [0.2, 0.25) is 0 Å². The van der Waals surface area contributed by atoms with Crippen LogP contribution in [-0.2, 0) is 4.79 Å². The Bertz CT molecular complexity index is 627. The van der Waals surface area contributed by atoms with Crippen LogP contribution in [0.15, 0.2) is 48.5 Å². The molecule has 2 N–H and O–H groups in total. The Balaban J connectivity index is 2.12. The average Bonchev–Trinajstić information content (AvgIpc) is 2.58. The molecule has 0 radical (unpaired) electrons. The second kappa shape index (κ2) is 4.82. The van der Waals surface area contributed by atoms with Gasteiger partial charge in [-0.15, -0.1) is 0 Å². The molecule has 1 unspecified atom stereocenters. The second-order valence-electron chi connectivity index (χ2n) is 4.47. The van der Waals surface area contributed by atoms with Gasteiger partial charge in [0.1, 0.15) is 5.82 Å². The van der Waals surface area contributed by atoms with Crippen molar-refractivity contribution in [3.63, 3.8) is 0 Å². The predicted molar refractivity (Wildman–Crippen MR) is 71.3 cm³/mol. The minimum Gasteiger partial charge on any atom is -0.325 e. The Hall–Kier alpha value is -2.20. The molecular formula is C15H13FN2O. The van der Waals surface area contributed by atoms with Gasteiger partial charge < -0.3 is 5.32 Å². The predicted octanol–water partition coefficient (Wildman–Crippen LogP) is 2.46. The first kappa shape index (κ1) is 11.9. The summed E-state index contributed by atoms with van der Waals surface area (Å²) in [7, 11) is 0. The van der Waals surface area contributed by atoms with E-state index in [1.165, 1.54) is 6.07 Å². The van der Waals surface area contributed by atoms with Crippen molar-refractivity contribution >= 4 is 11.6 Å². The zero-order chi connectivity index (χ0) is 13.2. The van der Waals surface area contributed by atoms with Crippen LogP contribution in [0.5, 0.6) is 0 Å². The smallest absolute Gasteiger partial charge is 0.238 e. The molecule has 3 rings (SSSR count). The number of halogens is 1. The highest BCUT2D eigenvalue weighted by Gasteiger charge is 2.24. The number of fused-ring (bicyclic) bond motifs is 1. The van der Waals surface area contributed by atoms with Crippen molar-refractivity contribution in [3.8, 4) is 0 Å². The zero-order valence-corrected chi connectivity index (χ0v) is 10.2. The van der Waals surface area contributed by atoms with Gasteiger partial charge in [-0.1, -0.05) is 36.4 Å². The van der Waals surface area contributed by atoms with Gasteiger partial charge in [-0.25, -0.2) is 4.39 Å². The van der Waals surface area contributed by atoms with Crippen LogP contribution in [-0.4, -0.2) is 12.5 Å². The number of hydrogen-bond donors (Lipinski definition) is 2. The molecule has 1 atom stereocenters. The third-order valence-corrected chi connectivity index (χ3v) is 3.23. The van der Waals surface area contributed by atoms with Crippen LogP contribution in [0, 0.1) is 5.82 Å². The molecule has 0 saturated carbocycles. The Morgan fingerprint density at radius 1 is 1.00 bits per heavy atom. The summed E-state index contributed by atoms with van der Waals surface area (Å²) in [5.41, 5.74) is 2.15. The molecule has 3 nitrogen and oxygen atoms in total. The molecule has 19 heavy (non-hydrogen) atoms. The van der Waals surface area contributed by atoms with Crippen molar-refractivity contribution < 1.29 is 9.18 Å². The number of anilines is 1. The summed E-state index contributed by atoms with van der Waals surface area (Å²) in [6.45, 7) is 0.160. The SMILES string of the molecule is O=C1CNC(c2ccccc2F)c2ccccc2N1. The summed E-state index contributed by atoms with van der Waals surface area (Å²) in [6.07, 6.45) is 0. The summed E-state index contributed by atoms with van der Waals surface area (Å²) < 4.78 is 14.0. The maximum atomic E-state index is 14.0. The summed E-state index contributed by atoms with van der Waals surface area (Å²) in [6, 6.07) is 13.7. The number of rotatable bonds is 1. The first-order valence-electron chi connectivity index (χ1n) is 6.12. The lowest BCUT2D eigenvalue weighted by molar-refractivity contribution is -0.115. The van der Waals surface area contributed by atoms with Crippen molar-refractivity contribution in [1.29, 1.82) is 0 Å². The molecule has 0 bridgehead atoms. The number of carbonyl (C=O) groups excluding carboxylic acids is 1. The maximum absolute atomic E-state index is 14.0. The van der Waals surface area contributed by atoms with Gasteiger partial charge in [0.15, 0.2) is 0 Å². The van der Waals surface area contributed by atoms with Crippen molar-refractivity contribution in [2.45, 2.75) is 6.04 Å². The largest absolute Gasteiger partial charge is 0.325 e. The van der Waals surface area contributed by atoms with E-state index in [2.05, 4.69) is 10.6 Å². The topological polar surface area (TPSA) is 41.1 Å². The fraction of sp³-hybridized carbons (Fsp3) is 0.133. The molecule has 96 valence electrons. The van der Waals surface area contributed by atoms with E-state index in [0.717, 1.165) is 11.3 Å². The summed E-state index contributed by atoms with van der Waals surface area (Å²) >= 11 is 0. The van der Waals surface area contributed by atoms with Crippen LogP contribution in [0.25, 0.3) is 0 Å². The second-order valence-corrected chi connectivity index (χ2v) is 4.47.